The van der Waals surface area contributed by atoms with Gasteiger partial charge < -0.3 is 25.6 Å². The van der Waals surface area contributed by atoms with Gasteiger partial charge in [0.25, 0.3) is 17.7 Å². The molecule has 14 heteroatoms. The molecule has 5 amide bonds. The van der Waals surface area contributed by atoms with Gasteiger partial charge in [0.05, 0.1) is 27.8 Å². The van der Waals surface area contributed by atoms with Crippen molar-refractivity contribution in [3.63, 3.8) is 0 Å². The van der Waals surface area contributed by atoms with Gasteiger partial charge >= 0.3 is 0 Å². The van der Waals surface area contributed by atoms with E-state index in [9.17, 15) is 24.0 Å². The van der Waals surface area contributed by atoms with Crippen LogP contribution in [0.4, 0.5) is 11.4 Å². The Hall–Kier alpha value is -5.45. The number of benzene rings is 3. The minimum atomic E-state index is -0.985. The second kappa shape index (κ2) is 17.6. The summed E-state index contributed by atoms with van der Waals surface area (Å²) in [6.45, 7) is 3.12. The minimum Gasteiger partial charge on any atom is -0.490 e. The van der Waals surface area contributed by atoms with E-state index in [1.807, 2.05) is 24.3 Å². The quantitative estimate of drug-likeness (QED) is 0.150. The number of anilines is 2. The summed E-state index contributed by atoms with van der Waals surface area (Å²) < 4.78 is 6.17. The number of nitriles is 1. The SMILES string of the molecule is N#Cc1ccc(OC2CCCC(NC(=O)c3ccc(N4CCC(NCCNc5ccc6c(c5)C(=O)N(C5CCC(=O)NC5=O)C6=O)CC4)cc3)CCC2)cc1Cl. The van der Waals surface area contributed by atoms with Crippen LogP contribution in [-0.2, 0) is 9.59 Å². The van der Waals surface area contributed by atoms with Crippen molar-refractivity contribution in [2.45, 2.75) is 88.4 Å². The van der Waals surface area contributed by atoms with E-state index in [1.165, 1.54) is 0 Å². The van der Waals surface area contributed by atoms with Gasteiger partial charge in [-0.1, -0.05) is 11.6 Å². The number of nitrogens with zero attached hydrogens (tertiary/aromatic N) is 3. The number of rotatable bonds is 11. The third-order valence-corrected chi connectivity index (χ3v) is 11.5. The highest BCUT2D eigenvalue weighted by Crippen LogP contribution is 2.30. The van der Waals surface area contributed by atoms with Crippen LogP contribution in [0.5, 0.6) is 5.75 Å². The number of carbonyl (C=O) groups is 5. The molecule has 0 aromatic heterocycles. The molecule has 1 saturated carbocycles. The Morgan fingerprint density at radius 3 is 2.27 bits per heavy atom. The van der Waals surface area contributed by atoms with Crippen molar-refractivity contribution in [2.24, 2.45) is 0 Å². The van der Waals surface area contributed by atoms with Gasteiger partial charge in [-0.2, -0.15) is 5.26 Å². The number of hydrogen-bond acceptors (Lipinski definition) is 10. The summed E-state index contributed by atoms with van der Waals surface area (Å²) in [5.41, 5.74) is 3.41. The number of fused-ring (bicyclic) bond motifs is 1. The highest BCUT2D eigenvalue weighted by molar-refractivity contribution is 6.31. The number of halogens is 1. The van der Waals surface area contributed by atoms with Crippen LogP contribution in [-0.4, -0.2) is 84.8 Å². The van der Waals surface area contributed by atoms with E-state index in [1.54, 1.807) is 36.4 Å². The lowest BCUT2D eigenvalue weighted by atomic mass is 9.94. The van der Waals surface area contributed by atoms with E-state index in [4.69, 9.17) is 21.6 Å². The molecule has 3 aromatic rings. The summed E-state index contributed by atoms with van der Waals surface area (Å²) in [6, 6.07) is 19.6. The summed E-state index contributed by atoms with van der Waals surface area (Å²) in [5, 5.41) is 21.9. The van der Waals surface area contributed by atoms with Crippen LogP contribution in [0.15, 0.2) is 60.7 Å². The molecule has 3 heterocycles. The highest BCUT2D eigenvalue weighted by Gasteiger charge is 2.44. The minimum absolute atomic E-state index is 0.0483. The molecule has 1 aliphatic carbocycles. The van der Waals surface area contributed by atoms with E-state index in [-0.39, 0.29) is 42.0 Å². The molecule has 0 spiro atoms. The molecule has 7 rings (SSSR count). The first-order chi connectivity index (χ1) is 27.2. The maximum atomic E-state index is 13.2. The van der Waals surface area contributed by atoms with E-state index in [0.717, 1.165) is 75.0 Å². The van der Waals surface area contributed by atoms with Crippen molar-refractivity contribution >= 4 is 52.5 Å². The van der Waals surface area contributed by atoms with Crippen molar-refractivity contribution in [1.29, 1.82) is 5.26 Å². The number of ether oxygens (including phenoxy) is 1. The lowest BCUT2D eigenvalue weighted by molar-refractivity contribution is -0.136. The molecule has 1 unspecified atom stereocenters. The predicted octanol–water partition coefficient (Wildman–Crippen LogP) is 5.18. The molecular weight excluding hydrogens is 734 g/mol. The molecule has 0 radical (unpaired) electrons. The number of imide groups is 2. The molecule has 4 N–H and O–H groups in total. The van der Waals surface area contributed by atoms with Gasteiger partial charge in [-0.05, 0) is 112 Å². The second-order valence-electron chi connectivity index (χ2n) is 14.9. The summed E-state index contributed by atoms with van der Waals surface area (Å²) >= 11 is 6.17. The van der Waals surface area contributed by atoms with Crippen molar-refractivity contribution < 1.29 is 28.7 Å². The first-order valence-corrected chi connectivity index (χ1v) is 19.9. The fraction of sp³-hybridized carbons (Fsp3) is 0.429. The van der Waals surface area contributed by atoms with Gasteiger partial charge in [0, 0.05) is 67.7 Å². The van der Waals surface area contributed by atoms with Crippen molar-refractivity contribution in [1.82, 2.24) is 20.9 Å². The lowest BCUT2D eigenvalue weighted by Gasteiger charge is -2.34. The Kier molecular flexibility index (Phi) is 12.2. The molecular formula is C42H46ClN7O6. The molecule has 3 aliphatic heterocycles. The van der Waals surface area contributed by atoms with Crippen LogP contribution >= 0.6 is 11.6 Å². The molecule has 292 valence electrons. The Labute approximate surface area is 331 Å². The van der Waals surface area contributed by atoms with Crippen LogP contribution in [0.3, 0.4) is 0 Å². The monoisotopic (exact) mass is 779 g/mol. The molecule has 0 bridgehead atoms. The van der Waals surface area contributed by atoms with E-state index >= 15 is 0 Å². The average Bonchev–Trinajstić information content (AvgIpc) is 3.43. The number of nitrogens with one attached hydrogen (secondary N) is 4. The zero-order chi connectivity index (χ0) is 39.2. The van der Waals surface area contributed by atoms with Crippen LogP contribution < -0.4 is 30.9 Å². The molecule has 3 fully saturated rings. The molecule has 3 aromatic carbocycles. The fourth-order valence-electron chi connectivity index (χ4n) is 8.09. The van der Waals surface area contributed by atoms with Crippen molar-refractivity contribution in [3.8, 4) is 11.8 Å². The largest absolute Gasteiger partial charge is 0.490 e. The fourth-order valence-corrected chi connectivity index (χ4v) is 8.30. The average molecular weight is 780 g/mol. The molecule has 4 aliphatic rings. The van der Waals surface area contributed by atoms with Crippen LogP contribution in [0.25, 0.3) is 0 Å². The molecule has 2 saturated heterocycles. The van der Waals surface area contributed by atoms with Gasteiger partial charge in [0.15, 0.2) is 0 Å². The number of carbonyl (C=O) groups excluding carboxylic acids is 5. The summed E-state index contributed by atoms with van der Waals surface area (Å²) in [7, 11) is 0. The van der Waals surface area contributed by atoms with Crippen molar-refractivity contribution in [3.05, 3.63) is 87.9 Å². The van der Waals surface area contributed by atoms with Gasteiger partial charge in [-0.3, -0.25) is 34.2 Å². The Morgan fingerprint density at radius 2 is 1.57 bits per heavy atom. The van der Waals surface area contributed by atoms with Gasteiger partial charge in [0.1, 0.15) is 17.9 Å². The first-order valence-electron chi connectivity index (χ1n) is 19.5. The van der Waals surface area contributed by atoms with E-state index in [0.29, 0.717) is 46.7 Å². The third-order valence-electron chi connectivity index (χ3n) is 11.2. The van der Waals surface area contributed by atoms with E-state index < -0.39 is 29.7 Å². The van der Waals surface area contributed by atoms with Crippen LogP contribution in [0.1, 0.15) is 101 Å². The Bertz CT molecular complexity index is 2020. The van der Waals surface area contributed by atoms with Crippen LogP contribution in [0, 0.1) is 11.3 Å². The maximum absolute atomic E-state index is 13.2. The normalized spacial score (nSPS) is 21.8. The Balaban J connectivity index is 0.800. The zero-order valence-electron chi connectivity index (χ0n) is 31.2. The lowest BCUT2D eigenvalue weighted by Crippen LogP contribution is -2.54. The van der Waals surface area contributed by atoms with Gasteiger partial charge in [0.2, 0.25) is 11.8 Å². The first kappa shape index (κ1) is 38.8. The zero-order valence-corrected chi connectivity index (χ0v) is 31.9. The molecule has 1 atom stereocenters. The predicted molar refractivity (Wildman–Crippen MR) is 211 cm³/mol. The van der Waals surface area contributed by atoms with Gasteiger partial charge in [-0.25, -0.2) is 0 Å². The second-order valence-corrected chi connectivity index (χ2v) is 15.3. The summed E-state index contributed by atoms with van der Waals surface area (Å²) in [5.74, 6) is -1.43. The van der Waals surface area contributed by atoms with Crippen molar-refractivity contribution in [2.75, 3.05) is 36.4 Å². The molecule has 13 nitrogen and oxygen atoms in total. The summed E-state index contributed by atoms with van der Waals surface area (Å²) in [6.07, 6.45) is 7.67. The Morgan fingerprint density at radius 1 is 0.839 bits per heavy atom. The third kappa shape index (κ3) is 8.98. The summed E-state index contributed by atoms with van der Waals surface area (Å²) in [4.78, 5) is 66.5. The van der Waals surface area contributed by atoms with Crippen LogP contribution in [0.2, 0.25) is 5.02 Å². The smallest absolute Gasteiger partial charge is 0.262 e. The van der Waals surface area contributed by atoms with Gasteiger partial charge in [-0.15, -0.1) is 0 Å². The van der Waals surface area contributed by atoms with E-state index in [2.05, 4.69) is 32.2 Å². The maximum Gasteiger partial charge on any atom is 0.262 e. The number of piperidine rings is 2. The highest BCUT2D eigenvalue weighted by atomic mass is 35.5. The molecule has 56 heavy (non-hydrogen) atoms. The topological polar surface area (TPSA) is 173 Å². The number of hydrogen-bond donors (Lipinski definition) is 4. The number of amides is 5. The standard InChI is InChI=1S/C42H46ClN7O6/c43-36-24-33(13-9-27(36)25-44)56-32-5-1-3-29(4-2-6-32)47-39(52)26-7-11-31(12-8-26)49-21-17-28(18-22-49)45-19-20-46-30-10-14-34-35(23-30)42(55)50(41(34)54)37-15-16-38(51)48-40(37)53/h7-14,23-24,28-29,32,37,45-46H,1-6,15-22H2,(H,47,52)(H,48,51,53).